The number of carbonyl (C=O) groups is 2. The number of piperidine rings is 1. The average Bonchev–Trinajstić information content (AvgIpc) is 2.55. The van der Waals surface area contributed by atoms with Crippen molar-refractivity contribution < 1.29 is 14.3 Å². The van der Waals surface area contributed by atoms with Gasteiger partial charge in [0, 0.05) is 25.4 Å². The number of hydrogen-bond acceptors (Lipinski definition) is 5. The van der Waals surface area contributed by atoms with Crippen molar-refractivity contribution in [2.24, 2.45) is 5.73 Å². The Morgan fingerprint density at radius 1 is 1.29 bits per heavy atom. The van der Waals surface area contributed by atoms with E-state index in [1.165, 1.54) is 24.8 Å². The first kappa shape index (κ1) is 18.2. The highest BCUT2D eigenvalue weighted by Crippen LogP contribution is 2.15. The molecule has 0 spiro atoms. The molecule has 0 atom stereocenters. The second-order valence-electron chi connectivity index (χ2n) is 6.03. The number of likely N-dealkylation sites (tertiary alicyclic amines) is 1. The number of ether oxygens (including phenoxy) is 1. The van der Waals surface area contributed by atoms with Gasteiger partial charge in [-0.25, -0.2) is 4.98 Å². The van der Waals surface area contributed by atoms with Crippen molar-refractivity contribution in [3.8, 4) is 5.88 Å². The smallest absolute Gasteiger partial charge is 0.229 e. The van der Waals surface area contributed by atoms with E-state index >= 15 is 0 Å². The van der Waals surface area contributed by atoms with Crippen LogP contribution < -0.4 is 15.8 Å². The van der Waals surface area contributed by atoms with Gasteiger partial charge in [0.05, 0.1) is 6.61 Å². The van der Waals surface area contributed by atoms with Crippen molar-refractivity contribution in [1.29, 1.82) is 0 Å². The average molecular weight is 334 g/mol. The van der Waals surface area contributed by atoms with Crippen molar-refractivity contribution in [3.63, 3.8) is 0 Å². The van der Waals surface area contributed by atoms with Gasteiger partial charge in [0.25, 0.3) is 0 Å². The molecule has 1 aromatic heterocycles. The lowest BCUT2D eigenvalue weighted by atomic mass is 10.1. The van der Waals surface area contributed by atoms with Gasteiger partial charge in [-0.3, -0.25) is 14.5 Å². The molecule has 7 nitrogen and oxygen atoms in total. The molecule has 0 aromatic carbocycles. The molecule has 24 heavy (non-hydrogen) atoms. The van der Waals surface area contributed by atoms with Crippen molar-refractivity contribution >= 4 is 11.8 Å². The number of carbonyl (C=O) groups excluding carboxylic acids is 2. The number of rotatable bonds is 9. The third-order valence-corrected chi connectivity index (χ3v) is 3.88. The van der Waals surface area contributed by atoms with Gasteiger partial charge in [0.1, 0.15) is 6.42 Å². The molecule has 0 bridgehead atoms. The highest BCUT2D eigenvalue weighted by molar-refractivity contribution is 5.95. The van der Waals surface area contributed by atoms with Crippen LogP contribution in [0.2, 0.25) is 0 Å². The SMILES string of the molecule is NC(=O)CC(=O)NCCCOc1cc(CN2CCCCC2)ccn1. The summed E-state index contributed by atoms with van der Waals surface area (Å²) < 4.78 is 5.63. The van der Waals surface area contributed by atoms with Crippen LogP contribution >= 0.6 is 0 Å². The topological polar surface area (TPSA) is 97.5 Å². The largest absolute Gasteiger partial charge is 0.478 e. The Morgan fingerprint density at radius 2 is 2.08 bits per heavy atom. The van der Waals surface area contributed by atoms with Crippen LogP contribution in [0.15, 0.2) is 18.3 Å². The summed E-state index contributed by atoms with van der Waals surface area (Å²) in [5, 5.41) is 2.62. The molecular weight excluding hydrogens is 308 g/mol. The zero-order chi connectivity index (χ0) is 17.2. The Balaban J connectivity index is 1.66. The molecular formula is C17H26N4O3. The van der Waals surface area contributed by atoms with Gasteiger partial charge in [-0.2, -0.15) is 0 Å². The number of pyridine rings is 1. The summed E-state index contributed by atoms with van der Waals surface area (Å²) in [5.74, 6) is -0.379. The summed E-state index contributed by atoms with van der Waals surface area (Å²) in [6.07, 6.45) is 6.01. The second-order valence-corrected chi connectivity index (χ2v) is 6.03. The monoisotopic (exact) mass is 334 g/mol. The van der Waals surface area contributed by atoms with Crippen LogP contribution in [0.4, 0.5) is 0 Å². The molecule has 0 saturated carbocycles. The molecule has 1 fully saturated rings. The number of nitrogens with zero attached hydrogens (tertiary/aromatic N) is 2. The van der Waals surface area contributed by atoms with Crippen LogP contribution in [-0.2, 0) is 16.1 Å². The molecule has 0 radical (unpaired) electrons. The van der Waals surface area contributed by atoms with Crippen LogP contribution in [0.5, 0.6) is 5.88 Å². The predicted octanol–water partition coefficient (Wildman–Crippen LogP) is 0.828. The summed E-state index contributed by atoms with van der Waals surface area (Å²) in [5.41, 5.74) is 6.15. The third kappa shape index (κ3) is 6.95. The van der Waals surface area contributed by atoms with E-state index in [-0.39, 0.29) is 12.3 Å². The highest BCUT2D eigenvalue weighted by atomic mass is 16.5. The Bertz CT molecular complexity index is 544. The van der Waals surface area contributed by atoms with Crippen molar-refractivity contribution in [1.82, 2.24) is 15.2 Å². The zero-order valence-electron chi connectivity index (χ0n) is 14.0. The minimum atomic E-state index is -0.626. The Labute approximate surface area is 142 Å². The van der Waals surface area contributed by atoms with Gasteiger partial charge in [0.2, 0.25) is 17.7 Å². The Hall–Kier alpha value is -2.15. The van der Waals surface area contributed by atoms with Crippen LogP contribution in [0.1, 0.15) is 37.7 Å². The standard InChI is InChI=1S/C17H26N4O3/c18-15(22)12-16(23)19-6-4-10-24-17-11-14(5-7-20-17)13-21-8-2-1-3-9-21/h5,7,11H,1-4,6,8-10,12-13H2,(H2,18,22)(H,19,23). The summed E-state index contributed by atoms with van der Waals surface area (Å²) in [4.78, 5) is 28.5. The maximum absolute atomic E-state index is 11.3. The van der Waals surface area contributed by atoms with Crippen LogP contribution in [0, 0.1) is 0 Å². The fourth-order valence-corrected chi connectivity index (χ4v) is 2.70. The van der Waals surface area contributed by atoms with E-state index in [2.05, 4.69) is 15.2 Å². The normalized spacial score (nSPS) is 15.0. The van der Waals surface area contributed by atoms with Crippen LogP contribution in [-0.4, -0.2) is 47.9 Å². The van der Waals surface area contributed by atoms with E-state index in [0.29, 0.717) is 25.5 Å². The number of nitrogens with two attached hydrogens (primary N) is 1. The van der Waals surface area contributed by atoms with Gasteiger partial charge in [-0.15, -0.1) is 0 Å². The molecule has 1 aliphatic rings. The lowest BCUT2D eigenvalue weighted by Crippen LogP contribution is -2.29. The van der Waals surface area contributed by atoms with Crippen molar-refractivity contribution in [2.45, 2.75) is 38.6 Å². The molecule has 2 heterocycles. The van der Waals surface area contributed by atoms with E-state index in [0.717, 1.165) is 19.6 Å². The van der Waals surface area contributed by atoms with Gasteiger partial charge in [0.15, 0.2) is 0 Å². The molecule has 132 valence electrons. The number of hydrogen-bond donors (Lipinski definition) is 2. The van der Waals surface area contributed by atoms with E-state index in [1.54, 1.807) is 6.20 Å². The summed E-state index contributed by atoms with van der Waals surface area (Å²) >= 11 is 0. The molecule has 1 saturated heterocycles. The fourth-order valence-electron chi connectivity index (χ4n) is 2.70. The lowest BCUT2D eigenvalue weighted by molar-refractivity contribution is -0.127. The Morgan fingerprint density at radius 3 is 2.83 bits per heavy atom. The second kappa shape index (κ2) is 9.87. The minimum absolute atomic E-state index is 0.277. The van der Waals surface area contributed by atoms with E-state index in [1.807, 2.05) is 12.1 Å². The molecule has 1 aliphatic heterocycles. The van der Waals surface area contributed by atoms with Gasteiger partial charge >= 0.3 is 0 Å². The number of nitrogens with one attached hydrogen (secondary N) is 1. The van der Waals surface area contributed by atoms with Crippen LogP contribution in [0.25, 0.3) is 0 Å². The van der Waals surface area contributed by atoms with Crippen molar-refractivity contribution in [3.05, 3.63) is 23.9 Å². The number of primary amides is 1. The van der Waals surface area contributed by atoms with E-state index in [9.17, 15) is 9.59 Å². The predicted molar refractivity (Wildman–Crippen MR) is 90.3 cm³/mol. The fraction of sp³-hybridized carbons (Fsp3) is 0.588. The summed E-state index contributed by atoms with van der Waals surface area (Å²) in [6.45, 7) is 4.14. The first-order valence-corrected chi connectivity index (χ1v) is 8.48. The summed E-state index contributed by atoms with van der Waals surface area (Å²) in [6, 6.07) is 3.99. The molecule has 0 unspecified atom stereocenters. The molecule has 1 aromatic rings. The minimum Gasteiger partial charge on any atom is -0.478 e. The lowest BCUT2D eigenvalue weighted by Gasteiger charge is -2.26. The third-order valence-electron chi connectivity index (χ3n) is 3.88. The molecule has 3 N–H and O–H groups in total. The quantitative estimate of drug-likeness (QED) is 0.515. The molecule has 2 rings (SSSR count). The first-order valence-electron chi connectivity index (χ1n) is 8.48. The van der Waals surface area contributed by atoms with Crippen molar-refractivity contribution in [2.75, 3.05) is 26.2 Å². The van der Waals surface area contributed by atoms with Gasteiger partial charge < -0.3 is 15.8 Å². The maximum atomic E-state index is 11.3. The first-order chi connectivity index (χ1) is 11.6. The molecule has 7 heteroatoms. The van der Waals surface area contributed by atoms with Gasteiger partial charge in [-0.1, -0.05) is 6.42 Å². The highest BCUT2D eigenvalue weighted by Gasteiger charge is 2.11. The van der Waals surface area contributed by atoms with E-state index < -0.39 is 5.91 Å². The molecule has 2 amide bonds. The number of aromatic nitrogens is 1. The van der Waals surface area contributed by atoms with Gasteiger partial charge in [-0.05, 0) is 44.0 Å². The molecule has 0 aliphatic carbocycles. The maximum Gasteiger partial charge on any atom is 0.229 e. The Kier molecular flexibility index (Phi) is 7.48. The van der Waals surface area contributed by atoms with Crippen LogP contribution in [0.3, 0.4) is 0 Å². The van der Waals surface area contributed by atoms with E-state index in [4.69, 9.17) is 10.5 Å². The summed E-state index contributed by atoms with van der Waals surface area (Å²) in [7, 11) is 0. The zero-order valence-corrected chi connectivity index (χ0v) is 14.0. The number of amides is 2.